The summed E-state index contributed by atoms with van der Waals surface area (Å²) < 4.78 is 0.161. The molecule has 3 rings (SSSR count). The number of nitrogens with zero attached hydrogens (tertiary/aromatic N) is 1. The second kappa shape index (κ2) is 8.42. The summed E-state index contributed by atoms with van der Waals surface area (Å²) in [4.78, 5) is 36.7. The lowest BCUT2D eigenvalue weighted by Gasteiger charge is -2.18. The standard InChI is InChI=1S/C21H15NO5S2/c1-12(7-13-5-3-2-4-6-13)8-17-18(23)22(21(28)29-17)16-10-14(19(24)25)9-15(11-16)20(26)27/h2-11H,1H3,(H,24,25)(H,26,27)/p-2/b12-7-,17-8+. The number of carbonyl (C=O) groups is 3. The van der Waals surface area contributed by atoms with Crippen LogP contribution in [0, 0.1) is 0 Å². The average molecular weight is 423 g/mol. The van der Waals surface area contributed by atoms with Gasteiger partial charge in [0.1, 0.15) is 0 Å². The Labute approximate surface area is 176 Å². The van der Waals surface area contributed by atoms with E-state index in [0.717, 1.165) is 46.0 Å². The van der Waals surface area contributed by atoms with Crippen LogP contribution < -0.4 is 15.1 Å². The molecule has 1 fully saturated rings. The van der Waals surface area contributed by atoms with Crippen molar-refractivity contribution in [2.75, 3.05) is 4.90 Å². The van der Waals surface area contributed by atoms with Gasteiger partial charge in [0.15, 0.2) is 4.32 Å². The molecule has 0 atom stereocenters. The molecule has 8 heteroatoms. The Hall–Kier alpha value is -3.23. The third kappa shape index (κ3) is 4.61. The van der Waals surface area contributed by atoms with Crippen molar-refractivity contribution in [1.29, 1.82) is 0 Å². The highest BCUT2D eigenvalue weighted by molar-refractivity contribution is 8.27. The molecule has 0 aromatic heterocycles. The fourth-order valence-electron chi connectivity index (χ4n) is 2.73. The van der Waals surface area contributed by atoms with E-state index in [1.165, 1.54) is 0 Å². The van der Waals surface area contributed by atoms with Gasteiger partial charge in [-0.25, -0.2) is 0 Å². The van der Waals surface area contributed by atoms with Crippen molar-refractivity contribution in [3.05, 3.63) is 81.8 Å². The summed E-state index contributed by atoms with van der Waals surface area (Å²) in [6.07, 6.45) is 3.58. The minimum absolute atomic E-state index is 0.0292. The zero-order chi connectivity index (χ0) is 21.1. The van der Waals surface area contributed by atoms with Gasteiger partial charge in [-0.3, -0.25) is 9.69 Å². The smallest absolute Gasteiger partial charge is 0.270 e. The van der Waals surface area contributed by atoms with E-state index < -0.39 is 17.8 Å². The molecule has 0 saturated carbocycles. The maximum atomic E-state index is 12.9. The number of thiocarbonyl (C=S) groups is 1. The van der Waals surface area contributed by atoms with E-state index in [1.54, 1.807) is 6.08 Å². The lowest BCUT2D eigenvalue weighted by atomic mass is 10.1. The molecule has 0 spiro atoms. The zero-order valence-electron chi connectivity index (χ0n) is 15.1. The fourth-order valence-corrected chi connectivity index (χ4v) is 4.08. The first-order valence-corrected chi connectivity index (χ1v) is 9.58. The lowest BCUT2D eigenvalue weighted by molar-refractivity contribution is -0.255. The molecule has 1 amide bonds. The van der Waals surface area contributed by atoms with Crippen molar-refractivity contribution in [1.82, 2.24) is 0 Å². The van der Waals surface area contributed by atoms with E-state index in [-0.39, 0.29) is 21.1 Å². The summed E-state index contributed by atoms with van der Waals surface area (Å²) in [5.74, 6) is -3.62. The largest absolute Gasteiger partial charge is 0.545 e. The molecular weight excluding hydrogens is 410 g/mol. The van der Waals surface area contributed by atoms with Crippen LogP contribution in [0.4, 0.5) is 5.69 Å². The molecule has 2 aromatic carbocycles. The van der Waals surface area contributed by atoms with Crippen molar-refractivity contribution in [3.8, 4) is 0 Å². The highest BCUT2D eigenvalue weighted by atomic mass is 32.2. The first kappa shape index (κ1) is 20.5. The summed E-state index contributed by atoms with van der Waals surface area (Å²) in [5.41, 5.74) is 1.04. The number of benzene rings is 2. The van der Waals surface area contributed by atoms with Gasteiger partial charge in [-0.1, -0.05) is 60.4 Å². The number of allylic oxidation sites excluding steroid dienone is 2. The van der Waals surface area contributed by atoms with Gasteiger partial charge in [-0.15, -0.1) is 0 Å². The minimum atomic E-state index is -1.57. The average Bonchev–Trinajstić information content (AvgIpc) is 2.95. The number of carboxylic acid groups (broad SMARTS) is 2. The molecule has 0 N–H and O–H groups in total. The van der Waals surface area contributed by atoms with Crippen LogP contribution in [0.3, 0.4) is 0 Å². The fraction of sp³-hybridized carbons (Fsp3) is 0.0476. The van der Waals surface area contributed by atoms with E-state index in [1.807, 2.05) is 43.3 Å². The molecule has 146 valence electrons. The van der Waals surface area contributed by atoms with Gasteiger partial charge in [0, 0.05) is 0 Å². The van der Waals surface area contributed by atoms with Crippen LogP contribution in [0.15, 0.2) is 65.1 Å². The number of hydrogen-bond acceptors (Lipinski definition) is 7. The topological polar surface area (TPSA) is 101 Å². The normalized spacial score (nSPS) is 15.8. The summed E-state index contributed by atoms with van der Waals surface area (Å²) >= 11 is 6.30. The number of rotatable bonds is 5. The predicted molar refractivity (Wildman–Crippen MR) is 111 cm³/mol. The van der Waals surface area contributed by atoms with Gasteiger partial charge in [-0.05, 0) is 53.5 Å². The maximum absolute atomic E-state index is 12.9. The summed E-state index contributed by atoms with van der Waals surface area (Å²) in [5, 5.41) is 22.4. The highest BCUT2D eigenvalue weighted by Gasteiger charge is 2.33. The molecular formula is C21H13NO5S2-2. The number of carbonyl (C=O) groups excluding carboxylic acids is 3. The SMILES string of the molecule is CC(=C/c1ccccc1)/C=C1/SC(=S)N(c2cc(C(=O)[O-])cc(C(=O)[O-])c2)C1=O. The predicted octanol–water partition coefficient (Wildman–Crippen LogP) is 1.77. The second-order valence-electron chi connectivity index (χ2n) is 6.16. The van der Waals surface area contributed by atoms with Gasteiger partial charge in [0.25, 0.3) is 5.91 Å². The summed E-state index contributed by atoms with van der Waals surface area (Å²) in [6.45, 7) is 1.84. The van der Waals surface area contributed by atoms with E-state index in [0.29, 0.717) is 4.91 Å². The van der Waals surface area contributed by atoms with Crippen LogP contribution in [0.5, 0.6) is 0 Å². The number of amides is 1. The Morgan fingerprint density at radius 1 is 1.03 bits per heavy atom. The zero-order valence-corrected chi connectivity index (χ0v) is 16.7. The molecule has 6 nitrogen and oxygen atoms in total. The van der Waals surface area contributed by atoms with Crippen molar-refractivity contribution < 1.29 is 24.6 Å². The lowest BCUT2D eigenvalue weighted by Crippen LogP contribution is -2.30. The summed E-state index contributed by atoms with van der Waals surface area (Å²) in [7, 11) is 0. The molecule has 1 aliphatic heterocycles. The van der Waals surface area contributed by atoms with Crippen LogP contribution in [0.2, 0.25) is 0 Å². The molecule has 0 radical (unpaired) electrons. The first-order chi connectivity index (χ1) is 13.8. The van der Waals surface area contributed by atoms with Gasteiger partial charge in [0.2, 0.25) is 0 Å². The second-order valence-corrected chi connectivity index (χ2v) is 7.84. The number of thioether (sulfide) groups is 1. The minimum Gasteiger partial charge on any atom is -0.545 e. The van der Waals surface area contributed by atoms with Gasteiger partial charge >= 0.3 is 0 Å². The molecule has 0 aliphatic carbocycles. The van der Waals surface area contributed by atoms with Crippen LogP contribution in [0.25, 0.3) is 6.08 Å². The number of hydrogen-bond donors (Lipinski definition) is 0. The van der Waals surface area contributed by atoms with Crippen molar-refractivity contribution in [2.24, 2.45) is 0 Å². The van der Waals surface area contributed by atoms with E-state index in [2.05, 4.69) is 0 Å². The molecule has 2 aromatic rings. The van der Waals surface area contributed by atoms with E-state index >= 15 is 0 Å². The van der Waals surface area contributed by atoms with E-state index in [9.17, 15) is 24.6 Å². The third-order valence-corrected chi connectivity index (χ3v) is 5.30. The van der Waals surface area contributed by atoms with Crippen LogP contribution in [-0.2, 0) is 4.79 Å². The molecule has 29 heavy (non-hydrogen) atoms. The number of carboxylic acids is 2. The molecule has 0 bridgehead atoms. The molecule has 1 heterocycles. The van der Waals surface area contributed by atoms with Crippen molar-refractivity contribution in [2.45, 2.75) is 6.92 Å². The maximum Gasteiger partial charge on any atom is 0.270 e. The molecule has 0 unspecified atom stereocenters. The quantitative estimate of drug-likeness (QED) is 0.534. The Morgan fingerprint density at radius 3 is 2.17 bits per heavy atom. The Bertz CT molecular complexity index is 1060. The van der Waals surface area contributed by atoms with Gasteiger partial charge in [-0.2, -0.15) is 0 Å². The summed E-state index contributed by atoms with van der Waals surface area (Å²) in [6, 6.07) is 12.7. The van der Waals surface area contributed by atoms with Crippen LogP contribution in [0.1, 0.15) is 33.2 Å². The van der Waals surface area contributed by atoms with Crippen LogP contribution in [-0.4, -0.2) is 22.2 Å². The monoisotopic (exact) mass is 423 g/mol. The molecule has 1 aliphatic rings. The van der Waals surface area contributed by atoms with Crippen molar-refractivity contribution in [3.63, 3.8) is 0 Å². The van der Waals surface area contributed by atoms with Crippen LogP contribution >= 0.6 is 24.0 Å². The first-order valence-electron chi connectivity index (χ1n) is 8.35. The highest BCUT2D eigenvalue weighted by Crippen LogP contribution is 2.36. The van der Waals surface area contributed by atoms with E-state index in [4.69, 9.17) is 12.2 Å². The number of anilines is 1. The van der Waals surface area contributed by atoms with Gasteiger partial charge < -0.3 is 19.8 Å². The van der Waals surface area contributed by atoms with Gasteiger partial charge in [0.05, 0.1) is 22.5 Å². The third-order valence-electron chi connectivity index (χ3n) is 3.99. The Morgan fingerprint density at radius 2 is 1.62 bits per heavy atom. The Kier molecular flexibility index (Phi) is 5.95. The van der Waals surface area contributed by atoms with Crippen molar-refractivity contribution >= 4 is 57.9 Å². The Balaban J connectivity index is 1.96. The number of aromatic carboxylic acids is 2. The molecule has 1 saturated heterocycles.